The number of aromatic amines is 1. The Morgan fingerprint density at radius 3 is 2.61 bits per heavy atom. The number of rotatable bonds is 7. The highest BCUT2D eigenvalue weighted by Crippen LogP contribution is 2.43. The number of anilines is 1. The van der Waals surface area contributed by atoms with Gasteiger partial charge in [0.15, 0.2) is 0 Å². The minimum absolute atomic E-state index is 0.304. The largest absolute Gasteiger partial charge is 0.478 e. The third-order valence-electron chi connectivity index (χ3n) is 8.33. The normalized spacial score (nSPS) is 17.8. The summed E-state index contributed by atoms with van der Waals surface area (Å²) in [6, 6.07) is 18.1. The molecule has 212 valence electrons. The zero-order valence-electron chi connectivity index (χ0n) is 23.5. The molecule has 2 N–H and O–H groups in total. The van der Waals surface area contributed by atoms with Crippen LogP contribution in [0.1, 0.15) is 49.0 Å². The van der Waals surface area contributed by atoms with E-state index in [4.69, 9.17) is 11.6 Å². The van der Waals surface area contributed by atoms with Crippen LogP contribution in [0.25, 0.3) is 16.6 Å². The van der Waals surface area contributed by atoms with Gasteiger partial charge in [-0.05, 0) is 78.3 Å². The molecule has 2 aromatic carbocycles. The lowest BCUT2D eigenvalue weighted by molar-refractivity contribution is 0.0693. The zero-order valence-corrected chi connectivity index (χ0v) is 25.1. The van der Waals surface area contributed by atoms with Crippen molar-refractivity contribution in [1.82, 2.24) is 14.9 Å². The summed E-state index contributed by atoms with van der Waals surface area (Å²) in [5, 5.41) is 11.6. The number of carboxylic acids is 1. The van der Waals surface area contributed by atoms with Gasteiger partial charge in [0.05, 0.1) is 5.56 Å². The van der Waals surface area contributed by atoms with Crippen LogP contribution in [-0.2, 0) is 0 Å². The molecule has 41 heavy (non-hydrogen) atoms. The minimum atomic E-state index is -0.917. The van der Waals surface area contributed by atoms with E-state index in [9.17, 15) is 9.90 Å². The van der Waals surface area contributed by atoms with Crippen LogP contribution < -0.4 is 4.90 Å². The van der Waals surface area contributed by atoms with E-state index in [1.165, 1.54) is 29.3 Å². The molecule has 0 saturated carbocycles. The van der Waals surface area contributed by atoms with Crippen LogP contribution >= 0.6 is 23.4 Å². The first-order valence-electron chi connectivity index (χ1n) is 14.2. The van der Waals surface area contributed by atoms with Gasteiger partial charge in [0.25, 0.3) is 0 Å². The molecule has 6 nitrogen and oxygen atoms in total. The maximum atomic E-state index is 12.0. The molecule has 1 fully saturated rings. The summed E-state index contributed by atoms with van der Waals surface area (Å²) in [5.41, 5.74) is 6.84. The highest BCUT2D eigenvalue weighted by atomic mass is 35.5. The van der Waals surface area contributed by atoms with Crippen molar-refractivity contribution >= 4 is 51.6 Å². The zero-order chi connectivity index (χ0) is 28.6. The van der Waals surface area contributed by atoms with Crippen molar-refractivity contribution in [3.8, 4) is 0 Å². The molecule has 0 amide bonds. The van der Waals surface area contributed by atoms with E-state index in [-0.39, 0.29) is 0 Å². The van der Waals surface area contributed by atoms with Gasteiger partial charge < -0.3 is 15.0 Å². The Morgan fingerprint density at radius 1 is 1.07 bits per heavy atom. The Kier molecular flexibility index (Phi) is 7.86. The van der Waals surface area contributed by atoms with Crippen LogP contribution in [0.5, 0.6) is 0 Å². The van der Waals surface area contributed by atoms with Gasteiger partial charge >= 0.3 is 5.97 Å². The van der Waals surface area contributed by atoms with Gasteiger partial charge in [-0.1, -0.05) is 54.9 Å². The van der Waals surface area contributed by atoms with Gasteiger partial charge in [-0.15, -0.1) is 0 Å². The van der Waals surface area contributed by atoms with Crippen molar-refractivity contribution in [2.45, 2.75) is 42.9 Å². The van der Waals surface area contributed by atoms with Gasteiger partial charge in [0.2, 0.25) is 0 Å². The predicted octanol–water partition coefficient (Wildman–Crippen LogP) is 7.85. The minimum Gasteiger partial charge on any atom is -0.478 e. The van der Waals surface area contributed by atoms with E-state index >= 15 is 0 Å². The molecule has 8 heteroatoms. The second kappa shape index (κ2) is 11.6. The maximum Gasteiger partial charge on any atom is 0.336 e. The summed E-state index contributed by atoms with van der Waals surface area (Å²) in [4.78, 5) is 26.2. The Bertz CT molecular complexity index is 1600. The van der Waals surface area contributed by atoms with Crippen molar-refractivity contribution in [3.05, 3.63) is 88.7 Å². The van der Waals surface area contributed by atoms with Crippen molar-refractivity contribution in [3.63, 3.8) is 0 Å². The number of halogens is 1. The van der Waals surface area contributed by atoms with Crippen molar-refractivity contribution in [2.24, 2.45) is 5.41 Å². The van der Waals surface area contributed by atoms with E-state index in [1.807, 2.05) is 42.6 Å². The Hall–Kier alpha value is -3.26. The molecule has 2 aromatic heterocycles. The van der Waals surface area contributed by atoms with Gasteiger partial charge in [0.1, 0.15) is 5.65 Å². The molecule has 3 heterocycles. The first kappa shape index (κ1) is 27.9. The number of pyridine rings is 1. The molecule has 0 radical (unpaired) electrons. The Morgan fingerprint density at radius 2 is 1.85 bits per heavy atom. The molecule has 4 aromatic rings. The van der Waals surface area contributed by atoms with Gasteiger partial charge in [-0.3, -0.25) is 4.90 Å². The fourth-order valence-electron chi connectivity index (χ4n) is 5.97. The SMILES string of the molecule is CC1(C)CCC(CN2CCN(c3ccc(C(=O)O)c(Sc4cnc5[nH]ccc5c4)c3)CC2)=C(c2ccc(Cl)cc2)C1. The van der Waals surface area contributed by atoms with Crippen LogP contribution in [0.3, 0.4) is 0 Å². The third-order valence-corrected chi connectivity index (χ3v) is 9.60. The third kappa shape index (κ3) is 6.32. The summed E-state index contributed by atoms with van der Waals surface area (Å²) >= 11 is 7.64. The van der Waals surface area contributed by atoms with Crippen LogP contribution in [0, 0.1) is 5.41 Å². The predicted molar refractivity (Wildman–Crippen MR) is 168 cm³/mol. The standard InChI is InChI=1S/C33H35ClN4O2S/c1-33(2)11-9-24(29(19-33)22-3-5-25(34)6-4-22)21-37-13-15-38(16-14-37)26-7-8-28(32(39)40)30(18-26)41-27-17-23-10-12-35-31(23)36-20-27/h3-8,10,12,17-18,20H,9,11,13-16,19,21H2,1-2H3,(H,35,36)(H,39,40). The number of aromatic nitrogens is 2. The molecule has 0 unspecified atom stereocenters. The van der Waals surface area contributed by atoms with Crippen LogP contribution in [0.4, 0.5) is 5.69 Å². The second-order valence-electron chi connectivity index (χ2n) is 11.9. The van der Waals surface area contributed by atoms with Crippen LogP contribution in [0.15, 0.2) is 82.4 Å². The van der Waals surface area contributed by atoms with E-state index < -0.39 is 5.97 Å². The number of nitrogens with one attached hydrogen (secondary N) is 1. The number of nitrogens with zero attached hydrogens (tertiary/aromatic N) is 3. The molecule has 1 aliphatic carbocycles. The van der Waals surface area contributed by atoms with E-state index in [2.05, 4.69) is 45.7 Å². The molecule has 0 spiro atoms. The number of hydrogen-bond donors (Lipinski definition) is 2. The lowest BCUT2D eigenvalue weighted by Gasteiger charge is -2.39. The molecular weight excluding hydrogens is 552 g/mol. The van der Waals surface area contributed by atoms with Gasteiger partial charge in [-0.2, -0.15) is 0 Å². The number of carbonyl (C=O) groups is 1. The number of carboxylic acid groups (broad SMARTS) is 1. The molecule has 6 rings (SSSR count). The van der Waals surface area contributed by atoms with Crippen LogP contribution in [0.2, 0.25) is 5.02 Å². The molecule has 0 atom stereocenters. The highest BCUT2D eigenvalue weighted by molar-refractivity contribution is 7.99. The Labute approximate surface area is 250 Å². The lowest BCUT2D eigenvalue weighted by atomic mass is 9.72. The summed E-state index contributed by atoms with van der Waals surface area (Å²) in [7, 11) is 0. The number of hydrogen-bond acceptors (Lipinski definition) is 5. The number of H-pyrrole nitrogens is 1. The van der Waals surface area contributed by atoms with E-state index in [0.29, 0.717) is 11.0 Å². The highest BCUT2D eigenvalue weighted by Gasteiger charge is 2.29. The fourth-order valence-corrected chi connectivity index (χ4v) is 7.09. The molecule has 0 bridgehead atoms. The van der Waals surface area contributed by atoms with Crippen molar-refractivity contribution in [2.75, 3.05) is 37.6 Å². The molecule has 1 saturated heterocycles. The van der Waals surface area contributed by atoms with E-state index in [1.54, 1.807) is 17.8 Å². The number of benzene rings is 2. The average Bonchev–Trinajstić information content (AvgIpc) is 3.43. The summed E-state index contributed by atoms with van der Waals surface area (Å²) in [6.45, 7) is 9.49. The lowest BCUT2D eigenvalue weighted by Crippen LogP contribution is -2.47. The van der Waals surface area contributed by atoms with Gasteiger partial charge in [0, 0.05) is 71.0 Å². The summed E-state index contributed by atoms with van der Waals surface area (Å²) in [5.74, 6) is -0.917. The topological polar surface area (TPSA) is 72.5 Å². The number of fused-ring (bicyclic) bond motifs is 1. The number of aromatic carboxylic acids is 1. The monoisotopic (exact) mass is 586 g/mol. The fraction of sp³-hybridized carbons (Fsp3) is 0.333. The molecule has 1 aliphatic heterocycles. The Balaban J connectivity index is 1.17. The molecule has 2 aliphatic rings. The van der Waals surface area contributed by atoms with Crippen LogP contribution in [-0.4, -0.2) is 58.7 Å². The smallest absolute Gasteiger partial charge is 0.336 e. The number of allylic oxidation sites excluding steroid dienone is 1. The van der Waals surface area contributed by atoms with E-state index in [0.717, 1.165) is 77.1 Å². The maximum absolute atomic E-state index is 12.0. The van der Waals surface area contributed by atoms with Crippen molar-refractivity contribution < 1.29 is 9.90 Å². The first-order chi connectivity index (χ1) is 19.7. The van der Waals surface area contributed by atoms with Gasteiger partial charge in [-0.25, -0.2) is 9.78 Å². The van der Waals surface area contributed by atoms with Crippen molar-refractivity contribution in [1.29, 1.82) is 0 Å². The average molecular weight is 587 g/mol. The quantitative estimate of drug-likeness (QED) is 0.230. The molecular formula is C33H35ClN4O2S. The first-order valence-corrected chi connectivity index (χ1v) is 15.4. The summed E-state index contributed by atoms with van der Waals surface area (Å²) in [6.07, 6.45) is 7.08. The summed E-state index contributed by atoms with van der Waals surface area (Å²) < 4.78 is 0. The number of piperazine rings is 1. The second-order valence-corrected chi connectivity index (χ2v) is 13.4.